The molecule has 1 aliphatic rings. The Kier molecular flexibility index (Phi) is 12.4. The molecule has 42 heavy (non-hydrogen) atoms. The summed E-state index contributed by atoms with van der Waals surface area (Å²) in [5.41, 5.74) is 4.44. The molecule has 0 bridgehead atoms. The predicted octanol–water partition coefficient (Wildman–Crippen LogP) is 7.55. The summed E-state index contributed by atoms with van der Waals surface area (Å²) in [6.07, 6.45) is -0.697. The Hall–Kier alpha value is -2.59. The lowest BCUT2D eigenvalue weighted by Gasteiger charge is -2.46. The molecule has 1 aliphatic heterocycles. The van der Waals surface area contributed by atoms with Crippen LogP contribution >= 0.6 is 22.6 Å². The highest BCUT2D eigenvalue weighted by Gasteiger charge is 2.48. The van der Waals surface area contributed by atoms with E-state index in [4.69, 9.17) is 23.7 Å². The van der Waals surface area contributed by atoms with Gasteiger partial charge >= 0.3 is 0 Å². The van der Waals surface area contributed by atoms with Gasteiger partial charge in [-0.25, -0.2) is 0 Å². The van der Waals surface area contributed by atoms with E-state index in [9.17, 15) is 0 Å². The molecule has 4 aromatic carbocycles. The fourth-order valence-electron chi connectivity index (χ4n) is 5.22. The van der Waals surface area contributed by atoms with Gasteiger partial charge in [0.05, 0.1) is 39.1 Å². The first-order chi connectivity index (χ1) is 20.8. The number of hydrogen-bond acceptors (Lipinski definition) is 5. The highest BCUT2D eigenvalue weighted by molar-refractivity contribution is 14.1. The third kappa shape index (κ3) is 9.20. The topological polar surface area (TPSA) is 46.2 Å². The van der Waals surface area contributed by atoms with Gasteiger partial charge in [-0.1, -0.05) is 144 Å². The Bertz CT molecular complexity index is 1280. The van der Waals surface area contributed by atoms with Gasteiger partial charge in [0, 0.05) is 4.43 Å². The van der Waals surface area contributed by atoms with Crippen LogP contribution in [0, 0.1) is 0 Å². The summed E-state index contributed by atoms with van der Waals surface area (Å²) in [5.74, 6) is 0. The maximum Gasteiger partial charge on any atom is 0.115 e. The summed E-state index contributed by atoms with van der Waals surface area (Å²) < 4.78 is 34.1. The summed E-state index contributed by atoms with van der Waals surface area (Å²) in [5, 5.41) is 0. The van der Waals surface area contributed by atoms with E-state index in [0.29, 0.717) is 33.0 Å². The van der Waals surface area contributed by atoms with Crippen LogP contribution < -0.4 is 0 Å². The third-order valence-electron chi connectivity index (χ3n) is 7.37. The SMILES string of the molecule is ICCC1OC(COCc2ccccc2)C(OCc2ccccc2)C(OCc2ccccc2)C1OCc1ccccc1. The van der Waals surface area contributed by atoms with Crippen LogP contribution in [-0.4, -0.2) is 41.6 Å². The fourth-order valence-corrected chi connectivity index (χ4v) is 5.84. The van der Waals surface area contributed by atoms with Crippen molar-refractivity contribution in [3.8, 4) is 0 Å². The summed E-state index contributed by atoms with van der Waals surface area (Å²) >= 11 is 2.41. The van der Waals surface area contributed by atoms with Gasteiger partial charge < -0.3 is 23.7 Å². The van der Waals surface area contributed by atoms with Crippen molar-refractivity contribution in [1.29, 1.82) is 0 Å². The van der Waals surface area contributed by atoms with Gasteiger partial charge in [-0.2, -0.15) is 0 Å². The Labute approximate surface area is 263 Å². The third-order valence-corrected chi connectivity index (χ3v) is 8.00. The van der Waals surface area contributed by atoms with E-state index < -0.39 is 6.10 Å². The summed E-state index contributed by atoms with van der Waals surface area (Å²) in [6, 6.07) is 41.0. The van der Waals surface area contributed by atoms with Crippen molar-refractivity contribution in [2.45, 2.75) is 63.4 Å². The molecule has 4 aromatic rings. The maximum absolute atomic E-state index is 6.79. The van der Waals surface area contributed by atoms with Crippen LogP contribution in [0.15, 0.2) is 121 Å². The van der Waals surface area contributed by atoms with Crippen molar-refractivity contribution in [3.63, 3.8) is 0 Å². The Morgan fingerprint density at radius 3 is 1.29 bits per heavy atom. The van der Waals surface area contributed by atoms with E-state index in [0.717, 1.165) is 33.1 Å². The van der Waals surface area contributed by atoms with Gasteiger partial charge in [-0.3, -0.25) is 0 Å². The first kappa shape index (κ1) is 30.9. The molecule has 5 rings (SSSR count). The molecule has 1 fully saturated rings. The highest BCUT2D eigenvalue weighted by atomic mass is 127. The lowest BCUT2D eigenvalue weighted by Crippen LogP contribution is -2.61. The summed E-state index contributed by atoms with van der Waals surface area (Å²) in [6.45, 7) is 2.27. The smallest absolute Gasteiger partial charge is 0.115 e. The van der Waals surface area contributed by atoms with Gasteiger partial charge in [0.1, 0.15) is 24.4 Å². The van der Waals surface area contributed by atoms with Crippen molar-refractivity contribution < 1.29 is 23.7 Å². The average Bonchev–Trinajstić information content (AvgIpc) is 3.05. The van der Waals surface area contributed by atoms with Crippen LogP contribution in [0.1, 0.15) is 28.7 Å². The van der Waals surface area contributed by atoms with Crippen LogP contribution in [0.3, 0.4) is 0 Å². The predicted molar refractivity (Wildman–Crippen MR) is 173 cm³/mol. The molecule has 6 heteroatoms. The second kappa shape index (κ2) is 16.9. The highest BCUT2D eigenvalue weighted by Crippen LogP contribution is 2.32. The summed E-state index contributed by atoms with van der Waals surface area (Å²) in [7, 11) is 0. The molecule has 5 atom stereocenters. The minimum atomic E-state index is -0.393. The average molecular weight is 679 g/mol. The molecule has 5 nitrogen and oxygen atoms in total. The lowest BCUT2D eigenvalue weighted by atomic mass is 9.92. The first-order valence-corrected chi connectivity index (χ1v) is 16.1. The molecule has 0 amide bonds. The zero-order valence-electron chi connectivity index (χ0n) is 23.8. The molecule has 220 valence electrons. The first-order valence-electron chi connectivity index (χ1n) is 14.6. The van der Waals surface area contributed by atoms with Gasteiger partial charge in [-0.05, 0) is 28.7 Å². The number of benzene rings is 4. The standard InChI is InChI=1S/C36H39IO5/c37-22-21-32-34(39-24-29-15-7-2-8-16-29)36(41-26-31-19-11-4-12-20-31)35(40-25-30-17-9-3-10-18-30)33(42-32)27-38-23-28-13-5-1-6-14-28/h1-20,32-36H,21-27H2. The number of alkyl halides is 1. The minimum absolute atomic E-state index is 0.159. The zero-order chi connectivity index (χ0) is 28.8. The molecular formula is C36H39IO5. The normalized spacial score (nSPS) is 22.2. The Balaban J connectivity index is 1.40. The van der Waals surface area contributed by atoms with Gasteiger partial charge in [-0.15, -0.1) is 0 Å². The monoisotopic (exact) mass is 678 g/mol. The fraction of sp³-hybridized carbons (Fsp3) is 0.333. The van der Waals surface area contributed by atoms with E-state index in [1.165, 1.54) is 0 Å². The summed E-state index contributed by atoms with van der Waals surface area (Å²) in [4.78, 5) is 0. The number of halogens is 1. The quantitative estimate of drug-likeness (QED) is 0.0961. The van der Waals surface area contributed by atoms with Gasteiger partial charge in [0.15, 0.2) is 0 Å². The number of rotatable bonds is 15. The van der Waals surface area contributed by atoms with Gasteiger partial charge in [0.25, 0.3) is 0 Å². The molecule has 0 saturated carbocycles. The lowest BCUT2D eigenvalue weighted by molar-refractivity contribution is -0.272. The number of ether oxygens (including phenoxy) is 5. The molecular weight excluding hydrogens is 639 g/mol. The van der Waals surface area contributed by atoms with Crippen molar-refractivity contribution >= 4 is 22.6 Å². The number of hydrogen-bond donors (Lipinski definition) is 0. The second-order valence-corrected chi connectivity index (χ2v) is 11.6. The van der Waals surface area contributed by atoms with Crippen LogP contribution in [0.25, 0.3) is 0 Å². The molecule has 1 saturated heterocycles. The molecule has 0 N–H and O–H groups in total. The Morgan fingerprint density at radius 2 is 0.857 bits per heavy atom. The van der Waals surface area contributed by atoms with E-state index in [1.54, 1.807) is 0 Å². The molecule has 1 heterocycles. The second-order valence-electron chi connectivity index (χ2n) is 10.5. The zero-order valence-corrected chi connectivity index (χ0v) is 26.0. The van der Waals surface area contributed by atoms with Crippen LogP contribution in [0.5, 0.6) is 0 Å². The van der Waals surface area contributed by atoms with Crippen molar-refractivity contribution in [3.05, 3.63) is 144 Å². The molecule has 0 aliphatic carbocycles. The van der Waals surface area contributed by atoms with Crippen LogP contribution in [0.4, 0.5) is 0 Å². The van der Waals surface area contributed by atoms with E-state index in [1.807, 2.05) is 72.8 Å². The maximum atomic E-state index is 6.79. The van der Waals surface area contributed by atoms with Crippen molar-refractivity contribution in [2.75, 3.05) is 11.0 Å². The van der Waals surface area contributed by atoms with E-state index in [2.05, 4.69) is 71.1 Å². The van der Waals surface area contributed by atoms with E-state index in [-0.39, 0.29) is 24.4 Å². The van der Waals surface area contributed by atoms with Crippen molar-refractivity contribution in [2.24, 2.45) is 0 Å². The largest absolute Gasteiger partial charge is 0.374 e. The van der Waals surface area contributed by atoms with Crippen LogP contribution in [-0.2, 0) is 50.1 Å². The molecule has 0 radical (unpaired) electrons. The van der Waals surface area contributed by atoms with Crippen LogP contribution in [0.2, 0.25) is 0 Å². The minimum Gasteiger partial charge on any atom is -0.374 e. The van der Waals surface area contributed by atoms with Crippen molar-refractivity contribution in [1.82, 2.24) is 0 Å². The molecule has 0 aromatic heterocycles. The molecule has 0 spiro atoms. The van der Waals surface area contributed by atoms with Gasteiger partial charge in [0.2, 0.25) is 0 Å². The Morgan fingerprint density at radius 1 is 0.476 bits per heavy atom. The molecule has 5 unspecified atom stereocenters. The van der Waals surface area contributed by atoms with E-state index >= 15 is 0 Å².